The van der Waals surface area contributed by atoms with Gasteiger partial charge in [0, 0.05) is 32.8 Å². The van der Waals surface area contributed by atoms with Crippen molar-refractivity contribution in [2.75, 3.05) is 39.5 Å². The Balaban J connectivity index is 3.90. The van der Waals surface area contributed by atoms with Gasteiger partial charge in [-0.05, 0) is 12.8 Å². The number of amides is 2. The molecule has 6 nitrogen and oxygen atoms in total. The number of carbonyl (C=O) groups is 1. The molecule has 0 fully saturated rings. The van der Waals surface area contributed by atoms with E-state index in [0.29, 0.717) is 25.9 Å². The Morgan fingerprint density at radius 1 is 1.00 bits per heavy atom. The summed E-state index contributed by atoms with van der Waals surface area (Å²) in [6.45, 7) is 1.08. The van der Waals surface area contributed by atoms with Crippen LogP contribution in [0.4, 0.5) is 4.79 Å². The maximum atomic E-state index is 11.5. The molecule has 0 spiro atoms. The largest absolute Gasteiger partial charge is 0.396 e. The SMILES string of the molecule is O=C(NCCO)N(CCCO)CCCO. The molecule has 0 aliphatic carbocycles. The normalized spacial score (nSPS) is 10.1. The van der Waals surface area contributed by atoms with Crippen LogP contribution in [-0.2, 0) is 0 Å². The quantitative estimate of drug-likeness (QED) is 0.411. The molecule has 0 aliphatic rings. The van der Waals surface area contributed by atoms with Crippen molar-refractivity contribution in [1.82, 2.24) is 10.2 Å². The number of hydrogen-bond acceptors (Lipinski definition) is 4. The number of urea groups is 1. The van der Waals surface area contributed by atoms with Crippen molar-refractivity contribution in [3.8, 4) is 0 Å². The first kappa shape index (κ1) is 14.2. The number of carbonyl (C=O) groups excluding carboxylic acids is 1. The summed E-state index contributed by atoms with van der Waals surface area (Å²) in [5, 5.41) is 28.4. The summed E-state index contributed by atoms with van der Waals surface area (Å²) in [7, 11) is 0. The Morgan fingerprint density at radius 3 is 1.93 bits per heavy atom. The molecule has 0 rings (SSSR count). The summed E-state index contributed by atoms with van der Waals surface area (Å²) in [5.74, 6) is 0. The van der Waals surface area contributed by atoms with Crippen molar-refractivity contribution in [2.24, 2.45) is 0 Å². The lowest BCUT2D eigenvalue weighted by molar-refractivity contribution is 0.178. The molecule has 0 aromatic heterocycles. The molecule has 6 heteroatoms. The molecule has 0 saturated heterocycles. The van der Waals surface area contributed by atoms with Crippen LogP contribution in [0.25, 0.3) is 0 Å². The lowest BCUT2D eigenvalue weighted by atomic mass is 10.3. The van der Waals surface area contributed by atoms with Gasteiger partial charge >= 0.3 is 6.03 Å². The van der Waals surface area contributed by atoms with E-state index < -0.39 is 0 Å². The third-order valence-electron chi connectivity index (χ3n) is 1.85. The van der Waals surface area contributed by atoms with Gasteiger partial charge in [0.05, 0.1) is 6.61 Å². The number of nitrogens with one attached hydrogen (secondary N) is 1. The van der Waals surface area contributed by atoms with Gasteiger partial charge in [-0.1, -0.05) is 0 Å². The van der Waals surface area contributed by atoms with E-state index >= 15 is 0 Å². The van der Waals surface area contributed by atoms with Crippen LogP contribution in [0, 0.1) is 0 Å². The highest BCUT2D eigenvalue weighted by Crippen LogP contribution is 1.95. The molecule has 0 saturated carbocycles. The topological polar surface area (TPSA) is 93.0 Å². The molecule has 2 amide bonds. The molecule has 0 unspecified atom stereocenters. The van der Waals surface area contributed by atoms with Crippen molar-refractivity contribution < 1.29 is 20.1 Å². The van der Waals surface area contributed by atoms with Crippen LogP contribution in [0.1, 0.15) is 12.8 Å². The second-order valence-electron chi connectivity index (χ2n) is 3.10. The van der Waals surface area contributed by atoms with E-state index in [1.165, 1.54) is 4.90 Å². The van der Waals surface area contributed by atoms with Crippen molar-refractivity contribution >= 4 is 6.03 Å². The fourth-order valence-corrected chi connectivity index (χ4v) is 1.11. The summed E-state index contributed by atoms with van der Waals surface area (Å²) < 4.78 is 0. The van der Waals surface area contributed by atoms with Gasteiger partial charge in [0.1, 0.15) is 0 Å². The minimum absolute atomic E-state index is 0.0307. The first-order chi connectivity index (χ1) is 7.26. The smallest absolute Gasteiger partial charge is 0.317 e. The van der Waals surface area contributed by atoms with E-state index in [4.69, 9.17) is 15.3 Å². The number of rotatable bonds is 8. The molecule has 0 radical (unpaired) electrons. The highest BCUT2D eigenvalue weighted by atomic mass is 16.3. The van der Waals surface area contributed by atoms with Gasteiger partial charge in [-0.15, -0.1) is 0 Å². The Morgan fingerprint density at radius 2 is 1.53 bits per heavy atom. The summed E-state index contributed by atoms with van der Waals surface area (Å²) >= 11 is 0. The van der Waals surface area contributed by atoms with Crippen molar-refractivity contribution in [1.29, 1.82) is 0 Å². The van der Waals surface area contributed by atoms with Crippen molar-refractivity contribution in [3.05, 3.63) is 0 Å². The van der Waals surface area contributed by atoms with Crippen LogP contribution in [0.5, 0.6) is 0 Å². The number of aliphatic hydroxyl groups excluding tert-OH is 3. The van der Waals surface area contributed by atoms with Crippen LogP contribution >= 0.6 is 0 Å². The van der Waals surface area contributed by atoms with Crippen molar-refractivity contribution in [3.63, 3.8) is 0 Å². The monoisotopic (exact) mass is 220 g/mol. The molecule has 0 bridgehead atoms. The molecular weight excluding hydrogens is 200 g/mol. The maximum absolute atomic E-state index is 11.5. The number of nitrogens with zero attached hydrogens (tertiary/aromatic N) is 1. The van der Waals surface area contributed by atoms with Crippen LogP contribution in [0.3, 0.4) is 0 Å². The predicted octanol–water partition coefficient (Wildman–Crippen LogP) is -1.24. The summed E-state index contributed by atoms with van der Waals surface area (Å²) in [6, 6.07) is -0.272. The molecule has 0 heterocycles. The average Bonchev–Trinajstić information content (AvgIpc) is 2.26. The Hall–Kier alpha value is -0.850. The lowest BCUT2D eigenvalue weighted by Gasteiger charge is -2.22. The van der Waals surface area contributed by atoms with Crippen molar-refractivity contribution in [2.45, 2.75) is 12.8 Å². The van der Waals surface area contributed by atoms with Gasteiger partial charge in [0.15, 0.2) is 0 Å². The van der Waals surface area contributed by atoms with Gasteiger partial charge in [0.25, 0.3) is 0 Å². The van der Waals surface area contributed by atoms with Crippen LogP contribution in [0.15, 0.2) is 0 Å². The zero-order chi connectivity index (χ0) is 11.5. The lowest BCUT2D eigenvalue weighted by Crippen LogP contribution is -2.42. The Kier molecular flexibility index (Phi) is 9.15. The second-order valence-corrected chi connectivity index (χ2v) is 3.10. The van der Waals surface area contributed by atoms with Crippen LogP contribution in [-0.4, -0.2) is 65.7 Å². The highest BCUT2D eigenvalue weighted by molar-refractivity contribution is 5.74. The third-order valence-corrected chi connectivity index (χ3v) is 1.85. The van der Waals surface area contributed by atoms with Crippen LogP contribution < -0.4 is 5.32 Å². The van der Waals surface area contributed by atoms with E-state index in [9.17, 15) is 4.79 Å². The first-order valence-electron chi connectivity index (χ1n) is 5.11. The molecule has 0 aromatic carbocycles. The molecule has 0 aromatic rings. The van der Waals surface area contributed by atoms with E-state index in [0.717, 1.165) is 0 Å². The fraction of sp³-hybridized carbons (Fsp3) is 0.889. The molecule has 0 atom stereocenters. The predicted molar refractivity (Wildman–Crippen MR) is 55.5 cm³/mol. The number of aliphatic hydroxyl groups is 3. The second kappa shape index (κ2) is 9.70. The van der Waals surface area contributed by atoms with Gasteiger partial charge in [-0.2, -0.15) is 0 Å². The van der Waals surface area contributed by atoms with E-state index in [2.05, 4.69) is 5.32 Å². The standard InChI is InChI=1S/C9H20N2O4/c12-6-1-4-11(5-2-7-13)9(15)10-3-8-14/h12-14H,1-8H2,(H,10,15). The summed E-state index contributed by atoms with van der Waals surface area (Å²) in [6.07, 6.45) is 1.02. The van der Waals surface area contributed by atoms with Gasteiger partial charge in [-0.25, -0.2) is 4.79 Å². The number of hydrogen-bond donors (Lipinski definition) is 4. The Labute approximate surface area is 89.5 Å². The minimum Gasteiger partial charge on any atom is -0.396 e. The molecule has 90 valence electrons. The first-order valence-corrected chi connectivity index (χ1v) is 5.11. The highest BCUT2D eigenvalue weighted by Gasteiger charge is 2.11. The Bertz CT molecular complexity index is 158. The van der Waals surface area contributed by atoms with Gasteiger partial charge in [0.2, 0.25) is 0 Å². The maximum Gasteiger partial charge on any atom is 0.317 e. The van der Waals surface area contributed by atoms with Gasteiger partial charge < -0.3 is 25.5 Å². The zero-order valence-electron chi connectivity index (χ0n) is 8.85. The fourth-order valence-electron chi connectivity index (χ4n) is 1.11. The van der Waals surface area contributed by atoms with E-state index in [-0.39, 0.29) is 32.4 Å². The van der Waals surface area contributed by atoms with E-state index in [1.54, 1.807) is 0 Å². The third kappa shape index (κ3) is 7.12. The molecule has 15 heavy (non-hydrogen) atoms. The van der Waals surface area contributed by atoms with Crippen LogP contribution in [0.2, 0.25) is 0 Å². The van der Waals surface area contributed by atoms with Gasteiger partial charge in [-0.3, -0.25) is 0 Å². The summed E-state index contributed by atoms with van der Waals surface area (Å²) in [4.78, 5) is 13.0. The van der Waals surface area contributed by atoms with E-state index in [1.807, 2.05) is 0 Å². The molecule has 4 N–H and O–H groups in total. The molecule has 0 aliphatic heterocycles. The average molecular weight is 220 g/mol. The molecular formula is C9H20N2O4. The summed E-state index contributed by atoms with van der Waals surface area (Å²) in [5.41, 5.74) is 0. The zero-order valence-corrected chi connectivity index (χ0v) is 8.85. The minimum atomic E-state index is -0.272.